The van der Waals surface area contributed by atoms with Crippen molar-refractivity contribution in [1.82, 2.24) is 0 Å². The fraction of sp³-hybridized carbons (Fsp3) is 0.353. The fourth-order valence-electron chi connectivity index (χ4n) is 1.93. The van der Waals surface area contributed by atoms with Crippen LogP contribution in [0.4, 0.5) is 0 Å². The smallest absolute Gasteiger partial charge is 0.332 e. The summed E-state index contributed by atoms with van der Waals surface area (Å²) in [5.74, 6) is -0.347. The number of carbonyl (C=O) groups excluding carboxylic acids is 1. The molecular weight excluding hydrogens is 236 g/mol. The summed E-state index contributed by atoms with van der Waals surface area (Å²) >= 11 is 0. The van der Waals surface area contributed by atoms with E-state index < -0.39 is 0 Å². The van der Waals surface area contributed by atoms with Gasteiger partial charge in [-0.05, 0) is 38.2 Å². The van der Waals surface area contributed by atoms with E-state index in [1.54, 1.807) is 12.5 Å². The summed E-state index contributed by atoms with van der Waals surface area (Å²) in [7, 11) is 1.33. The predicted octanol–water partition coefficient (Wildman–Crippen LogP) is 4.38. The normalized spacial score (nSPS) is 13.3. The molecule has 0 radical (unpaired) electrons. The topological polar surface area (TPSA) is 26.3 Å². The fourth-order valence-corrected chi connectivity index (χ4v) is 1.93. The molecule has 0 N–H and O–H groups in total. The number of hydrogen-bond donors (Lipinski definition) is 0. The minimum absolute atomic E-state index is 0.347. The zero-order chi connectivity index (χ0) is 14.1. The van der Waals surface area contributed by atoms with Gasteiger partial charge in [-0.25, -0.2) is 4.79 Å². The highest BCUT2D eigenvalue weighted by molar-refractivity contribution is 5.86. The van der Waals surface area contributed by atoms with E-state index in [1.165, 1.54) is 38.4 Å². The maximum Gasteiger partial charge on any atom is 0.332 e. The summed E-state index contributed by atoms with van der Waals surface area (Å²) in [4.78, 5) is 10.2. The lowest BCUT2D eigenvalue weighted by atomic mass is 10.1. The number of hydrogen-bond acceptors (Lipinski definition) is 2. The Kier molecular flexibility index (Phi) is 6.65. The van der Waals surface area contributed by atoms with Gasteiger partial charge in [0.15, 0.2) is 0 Å². The van der Waals surface area contributed by atoms with Gasteiger partial charge in [0.2, 0.25) is 0 Å². The van der Waals surface area contributed by atoms with Gasteiger partial charge in [0, 0.05) is 5.57 Å². The minimum Gasteiger partial charge on any atom is -0.466 e. The van der Waals surface area contributed by atoms with Gasteiger partial charge in [0.05, 0.1) is 7.11 Å². The van der Waals surface area contributed by atoms with E-state index in [2.05, 4.69) is 47.7 Å². The number of benzene rings is 1. The third kappa shape index (κ3) is 6.05. The Labute approximate surface area is 115 Å². The highest BCUT2D eigenvalue weighted by Gasteiger charge is 2.05. The number of allylic oxidation sites excluding steroid dienone is 1. The lowest BCUT2D eigenvalue weighted by molar-refractivity contribution is -0.136. The van der Waals surface area contributed by atoms with Crippen LogP contribution in [0.25, 0.3) is 6.08 Å². The highest BCUT2D eigenvalue weighted by atomic mass is 16.5. The molecule has 2 nitrogen and oxygen atoms in total. The Morgan fingerprint density at radius 1 is 1.21 bits per heavy atom. The standard InChI is InChI=1S/C12H14.C5H8O2/c1-2-6-11(7-3-1)10-12-8-4-5-9-12;1-4(2)5(6)7-3/h1-3,6-7,10H,4-5,8-9H2;1H2,2-3H3. The molecule has 1 fully saturated rings. The zero-order valence-corrected chi connectivity index (χ0v) is 11.8. The van der Waals surface area contributed by atoms with Crippen LogP contribution in [-0.2, 0) is 9.53 Å². The number of rotatable bonds is 2. The van der Waals surface area contributed by atoms with Crippen molar-refractivity contribution < 1.29 is 9.53 Å². The highest BCUT2D eigenvalue weighted by Crippen LogP contribution is 2.25. The van der Waals surface area contributed by atoms with Crippen LogP contribution in [0.1, 0.15) is 38.2 Å². The van der Waals surface area contributed by atoms with E-state index in [1.807, 2.05) is 0 Å². The molecule has 2 rings (SSSR count). The quantitative estimate of drug-likeness (QED) is 0.581. The molecule has 1 aromatic rings. The van der Waals surface area contributed by atoms with E-state index in [0.29, 0.717) is 5.57 Å². The van der Waals surface area contributed by atoms with Crippen molar-refractivity contribution in [3.8, 4) is 0 Å². The molecule has 0 aliphatic heterocycles. The number of esters is 1. The number of methoxy groups -OCH3 is 1. The van der Waals surface area contributed by atoms with Gasteiger partial charge in [-0.2, -0.15) is 0 Å². The summed E-state index contributed by atoms with van der Waals surface area (Å²) in [6.45, 7) is 4.95. The summed E-state index contributed by atoms with van der Waals surface area (Å²) in [6.07, 6.45) is 7.74. The van der Waals surface area contributed by atoms with Gasteiger partial charge in [0.25, 0.3) is 0 Å². The molecule has 0 spiro atoms. The van der Waals surface area contributed by atoms with Crippen LogP contribution in [0, 0.1) is 0 Å². The van der Waals surface area contributed by atoms with Crippen molar-refractivity contribution in [2.24, 2.45) is 0 Å². The van der Waals surface area contributed by atoms with Crippen molar-refractivity contribution in [1.29, 1.82) is 0 Å². The van der Waals surface area contributed by atoms with E-state index in [4.69, 9.17) is 0 Å². The van der Waals surface area contributed by atoms with Crippen molar-refractivity contribution in [3.63, 3.8) is 0 Å². The van der Waals surface area contributed by atoms with Crippen LogP contribution in [-0.4, -0.2) is 13.1 Å². The average molecular weight is 258 g/mol. The molecule has 1 aliphatic carbocycles. The molecule has 0 aromatic heterocycles. The van der Waals surface area contributed by atoms with E-state index in [-0.39, 0.29) is 5.97 Å². The molecule has 0 saturated heterocycles. The Hall–Kier alpha value is -1.83. The van der Waals surface area contributed by atoms with Gasteiger partial charge in [0.1, 0.15) is 0 Å². The molecule has 19 heavy (non-hydrogen) atoms. The first-order chi connectivity index (χ1) is 9.13. The van der Waals surface area contributed by atoms with E-state index in [9.17, 15) is 4.79 Å². The SMILES string of the molecule is C(=C1CCCC1)c1ccccc1.C=C(C)C(=O)OC. The van der Waals surface area contributed by atoms with Gasteiger partial charge in [-0.15, -0.1) is 0 Å². The first kappa shape index (κ1) is 15.2. The molecule has 2 heteroatoms. The largest absolute Gasteiger partial charge is 0.466 e. The van der Waals surface area contributed by atoms with Crippen LogP contribution in [0.2, 0.25) is 0 Å². The maximum atomic E-state index is 10.2. The van der Waals surface area contributed by atoms with Gasteiger partial charge >= 0.3 is 5.97 Å². The molecule has 0 unspecified atom stereocenters. The Morgan fingerprint density at radius 3 is 2.21 bits per heavy atom. The van der Waals surface area contributed by atoms with Crippen molar-refractivity contribution in [2.75, 3.05) is 7.11 Å². The Morgan fingerprint density at radius 2 is 1.79 bits per heavy atom. The molecule has 0 atom stereocenters. The van der Waals surface area contributed by atoms with Crippen LogP contribution in [0.5, 0.6) is 0 Å². The second-order valence-electron chi connectivity index (χ2n) is 4.69. The zero-order valence-electron chi connectivity index (χ0n) is 11.8. The maximum absolute atomic E-state index is 10.2. The second kappa shape index (κ2) is 8.30. The van der Waals surface area contributed by atoms with Gasteiger partial charge in [-0.3, -0.25) is 0 Å². The summed E-state index contributed by atoms with van der Waals surface area (Å²) < 4.78 is 4.27. The Bertz CT molecular complexity index is 436. The van der Waals surface area contributed by atoms with Crippen LogP contribution in [0.3, 0.4) is 0 Å². The van der Waals surface area contributed by atoms with Crippen molar-refractivity contribution in [2.45, 2.75) is 32.6 Å². The minimum atomic E-state index is -0.347. The van der Waals surface area contributed by atoms with Crippen LogP contribution < -0.4 is 0 Å². The second-order valence-corrected chi connectivity index (χ2v) is 4.69. The molecule has 0 heterocycles. The molecule has 1 saturated carbocycles. The molecule has 1 aliphatic rings. The third-order valence-electron chi connectivity index (χ3n) is 2.95. The van der Waals surface area contributed by atoms with Crippen molar-refractivity contribution >= 4 is 12.0 Å². The molecular formula is C17H22O2. The van der Waals surface area contributed by atoms with Crippen molar-refractivity contribution in [3.05, 3.63) is 53.6 Å². The summed E-state index contributed by atoms with van der Waals surface area (Å²) in [5.41, 5.74) is 3.41. The number of carbonyl (C=O) groups is 1. The third-order valence-corrected chi connectivity index (χ3v) is 2.95. The molecule has 102 valence electrons. The van der Waals surface area contributed by atoms with Crippen LogP contribution >= 0.6 is 0 Å². The molecule has 0 amide bonds. The average Bonchev–Trinajstić information content (AvgIpc) is 2.92. The monoisotopic (exact) mass is 258 g/mol. The lowest BCUT2D eigenvalue weighted by Gasteiger charge is -1.95. The Balaban J connectivity index is 0.000000224. The lowest BCUT2D eigenvalue weighted by Crippen LogP contribution is -1.98. The first-order valence-electron chi connectivity index (χ1n) is 6.62. The summed E-state index contributed by atoms with van der Waals surface area (Å²) in [6, 6.07) is 10.6. The van der Waals surface area contributed by atoms with Gasteiger partial charge < -0.3 is 4.74 Å². The van der Waals surface area contributed by atoms with Crippen LogP contribution in [0.15, 0.2) is 48.1 Å². The molecule has 0 bridgehead atoms. The van der Waals surface area contributed by atoms with E-state index >= 15 is 0 Å². The predicted molar refractivity (Wildman–Crippen MR) is 79.7 cm³/mol. The summed E-state index contributed by atoms with van der Waals surface area (Å²) in [5, 5.41) is 0. The van der Waals surface area contributed by atoms with E-state index in [0.717, 1.165) is 0 Å². The first-order valence-corrected chi connectivity index (χ1v) is 6.62. The number of ether oxygens (including phenoxy) is 1. The van der Waals surface area contributed by atoms with Gasteiger partial charge in [-0.1, -0.05) is 48.6 Å². The molecule has 1 aromatic carbocycles.